The van der Waals surface area contributed by atoms with Gasteiger partial charge < -0.3 is 9.47 Å². The molecule has 5 heteroatoms. The number of fused-ring (bicyclic) bond motifs is 1. The maximum atomic E-state index is 5.73. The molecule has 1 saturated heterocycles. The zero-order chi connectivity index (χ0) is 11.0. The van der Waals surface area contributed by atoms with Crippen molar-refractivity contribution in [3.63, 3.8) is 0 Å². The van der Waals surface area contributed by atoms with Gasteiger partial charge in [0.05, 0.1) is 23.3 Å². The second-order valence-electron chi connectivity index (χ2n) is 3.64. The number of ether oxygens (including phenoxy) is 2. The lowest BCUT2D eigenvalue weighted by molar-refractivity contribution is -0.0580. The third-order valence-electron chi connectivity index (χ3n) is 2.55. The molecule has 0 saturated carbocycles. The monoisotopic (exact) mass is 255 g/mol. The van der Waals surface area contributed by atoms with Gasteiger partial charge >= 0.3 is 0 Å². The van der Waals surface area contributed by atoms with E-state index in [9.17, 15) is 0 Å². The highest BCUT2D eigenvalue weighted by molar-refractivity contribution is 7.13. The molecule has 1 aliphatic heterocycles. The molecule has 0 radical (unpaired) electrons. The molecule has 2 heterocycles. The van der Waals surface area contributed by atoms with E-state index in [1.807, 2.05) is 24.3 Å². The minimum atomic E-state index is -0.361. The van der Waals surface area contributed by atoms with Gasteiger partial charge in [-0.15, -0.1) is 11.6 Å². The average molecular weight is 256 g/mol. The zero-order valence-electron chi connectivity index (χ0n) is 8.43. The van der Waals surface area contributed by atoms with Crippen molar-refractivity contribution in [1.82, 2.24) is 4.37 Å². The summed E-state index contributed by atoms with van der Waals surface area (Å²) in [6.07, 6.45) is -0.382. The molecule has 2 aromatic rings. The predicted octanol–water partition coefficient (Wildman–Crippen LogP) is 2.95. The van der Waals surface area contributed by atoms with E-state index in [0.717, 1.165) is 15.8 Å². The van der Waals surface area contributed by atoms with Crippen LogP contribution in [0.1, 0.15) is 12.0 Å². The van der Waals surface area contributed by atoms with Gasteiger partial charge in [-0.1, -0.05) is 18.2 Å². The van der Waals surface area contributed by atoms with Crippen molar-refractivity contribution in [2.24, 2.45) is 0 Å². The molecule has 1 aliphatic rings. The zero-order valence-corrected chi connectivity index (χ0v) is 10.0. The minimum absolute atomic E-state index is 0.0212. The first-order valence-electron chi connectivity index (χ1n) is 5.06. The molecular weight excluding hydrogens is 246 g/mol. The van der Waals surface area contributed by atoms with E-state index in [4.69, 9.17) is 21.1 Å². The topological polar surface area (TPSA) is 31.4 Å². The summed E-state index contributed by atoms with van der Waals surface area (Å²) < 4.78 is 16.7. The fraction of sp³-hybridized carbons (Fsp3) is 0.364. The lowest BCUT2D eigenvalue weighted by Crippen LogP contribution is -2.10. The molecule has 1 fully saturated rings. The Kier molecular flexibility index (Phi) is 2.81. The van der Waals surface area contributed by atoms with Crippen LogP contribution in [0.2, 0.25) is 0 Å². The SMILES string of the molecule is ClCC1COC(c2nsc3ccccc23)O1. The van der Waals surface area contributed by atoms with Crippen molar-refractivity contribution in [1.29, 1.82) is 0 Å². The van der Waals surface area contributed by atoms with Crippen LogP contribution in [0.5, 0.6) is 0 Å². The van der Waals surface area contributed by atoms with Crippen LogP contribution in [-0.2, 0) is 9.47 Å². The lowest BCUT2D eigenvalue weighted by atomic mass is 10.2. The van der Waals surface area contributed by atoms with E-state index in [-0.39, 0.29) is 12.4 Å². The van der Waals surface area contributed by atoms with Crippen molar-refractivity contribution < 1.29 is 9.47 Å². The Morgan fingerprint density at radius 3 is 3.12 bits per heavy atom. The summed E-state index contributed by atoms with van der Waals surface area (Å²) in [6.45, 7) is 0.542. The first-order valence-corrected chi connectivity index (χ1v) is 6.36. The normalized spacial score (nSPS) is 25.3. The van der Waals surface area contributed by atoms with Crippen LogP contribution in [0.25, 0.3) is 10.1 Å². The fourth-order valence-corrected chi connectivity index (χ4v) is 2.70. The van der Waals surface area contributed by atoms with Crippen molar-refractivity contribution in [3.05, 3.63) is 30.0 Å². The number of halogens is 1. The number of hydrogen-bond acceptors (Lipinski definition) is 4. The Morgan fingerprint density at radius 1 is 1.44 bits per heavy atom. The third-order valence-corrected chi connectivity index (χ3v) is 3.74. The molecule has 3 nitrogen and oxygen atoms in total. The van der Waals surface area contributed by atoms with Crippen LogP contribution in [-0.4, -0.2) is 23.0 Å². The predicted molar refractivity (Wildman–Crippen MR) is 63.9 cm³/mol. The summed E-state index contributed by atoms with van der Waals surface area (Å²) in [7, 11) is 0. The second kappa shape index (κ2) is 4.30. The summed E-state index contributed by atoms with van der Waals surface area (Å²) in [4.78, 5) is 0. The molecule has 0 aliphatic carbocycles. The molecule has 0 amide bonds. The Labute approximate surface area is 102 Å². The van der Waals surface area contributed by atoms with Gasteiger partial charge in [-0.2, -0.15) is 4.37 Å². The van der Waals surface area contributed by atoms with Crippen LogP contribution < -0.4 is 0 Å². The maximum absolute atomic E-state index is 5.73. The van der Waals surface area contributed by atoms with Crippen molar-refractivity contribution >= 4 is 33.2 Å². The van der Waals surface area contributed by atoms with E-state index in [0.29, 0.717) is 12.5 Å². The van der Waals surface area contributed by atoms with E-state index < -0.39 is 0 Å². The number of hydrogen-bond donors (Lipinski definition) is 0. The Hall–Kier alpha value is -0.680. The molecule has 0 spiro atoms. The molecule has 0 N–H and O–H groups in total. The van der Waals surface area contributed by atoms with Crippen LogP contribution in [0.15, 0.2) is 24.3 Å². The van der Waals surface area contributed by atoms with Gasteiger partial charge in [0, 0.05) is 5.39 Å². The van der Waals surface area contributed by atoms with Gasteiger partial charge in [0.25, 0.3) is 0 Å². The fourth-order valence-electron chi connectivity index (χ4n) is 1.75. The van der Waals surface area contributed by atoms with Crippen LogP contribution in [0.4, 0.5) is 0 Å². The van der Waals surface area contributed by atoms with Gasteiger partial charge in [-0.3, -0.25) is 0 Å². The van der Waals surface area contributed by atoms with Crippen LogP contribution in [0.3, 0.4) is 0 Å². The number of aromatic nitrogens is 1. The molecular formula is C11H10ClNO2S. The quantitative estimate of drug-likeness (QED) is 0.774. The van der Waals surface area contributed by atoms with Gasteiger partial charge in [-0.05, 0) is 17.6 Å². The first-order chi connectivity index (χ1) is 7.88. The standard InChI is InChI=1S/C11H10ClNO2S/c12-5-7-6-14-11(15-7)10-8-3-1-2-4-9(8)16-13-10/h1-4,7,11H,5-6H2. The Morgan fingerprint density at radius 2 is 2.31 bits per heavy atom. The van der Waals surface area contributed by atoms with Gasteiger partial charge in [0.15, 0.2) is 0 Å². The molecule has 16 heavy (non-hydrogen) atoms. The van der Waals surface area contributed by atoms with E-state index in [2.05, 4.69) is 4.37 Å². The molecule has 3 rings (SSSR count). The first kappa shape index (κ1) is 10.5. The highest BCUT2D eigenvalue weighted by Gasteiger charge is 2.29. The van der Waals surface area contributed by atoms with E-state index in [1.54, 1.807) is 0 Å². The largest absolute Gasteiger partial charge is 0.344 e. The number of benzene rings is 1. The molecule has 2 atom stereocenters. The molecule has 1 aromatic heterocycles. The molecule has 84 valence electrons. The average Bonchev–Trinajstić information content (AvgIpc) is 2.94. The van der Waals surface area contributed by atoms with Crippen molar-refractivity contribution in [2.75, 3.05) is 12.5 Å². The Balaban J connectivity index is 1.95. The molecule has 0 bridgehead atoms. The summed E-state index contributed by atoms with van der Waals surface area (Å²) >= 11 is 7.20. The lowest BCUT2D eigenvalue weighted by Gasteiger charge is -2.07. The molecule has 1 aromatic carbocycles. The summed E-state index contributed by atoms with van der Waals surface area (Å²) in [5, 5.41) is 1.10. The van der Waals surface area contributed by atoms with Gasteiger partial charge in [0.2, 0.25) is 6.29 Å². The number of rotatable bonds is 2. The van der Waals surface area contributed by atoms with E-state index >= 15 is 0 Å². The summed E-state index contributed by atoms with van der Waals surface area (Å²) in [5.41, 5.74) is 0.869. The van der Waals surface area contributed by atoms with Crippen LogP contribution in [0, 0.1) is 0 Å². The van der Waals surface area contributed by atoms with Crippen molar-refractivity contribution in [2.45, 2.75) is 12.4 Å². The highest BCUT2D eigenvalue weighted by atomic mass is 35.5. The van der Waals surface area contributed by atoms with E-state index in [1.165, 1.54) is 11.5 Å². The summed E-state index contributed by atoms with van der Waals surface area (Å²) in [5.74, 6) is 0.457. The minimum Gasteiger partial charge on any atom is -0.344 e. The maximum Gasteiger partial charge on any atom is 0.203 e. The van der Waals surface area contributed by atoms with Crippen LogP contribution >= 0.6 is 23.1 Å². The third kappa shape index (κ3) is 1.72. The highest BCUT2D eigenvalue weighted by Crippen LogP contribution is 2.33. The van der Waals surface area contributed by atoms with Gasteiger partial charge in [0.1, 0.15) is 5.69 Å². The second-order valence-corrected chi connectivity index (χ2v) is 4.76. The van der Waals surface area contributed by atoms with Gasteiger partial charge in [-0.25, -0.2) is 0 Å². The smallest absolute Gasteiger partial charge is 0.203 e. The molecule has 2 unspecified atom stereocenters. The Bertz CT molecular complexity index is 501. The number of nitrogens with zero attached hydrogens (tertiary/aromatic N) is 1. The summed E-state index contributed by atoms with van der Waals surface area (Å²) in [6, 6.07) is 8.08. The number of alkyl halides is 1. The van der Waals surface area contributed by atoms with Crippen molar-refractivity contribution in [3.8, 4) is 0 Å².